The maximum Gasteiger partial charge on any atom is 0.0409 e. The number of hydrogen-bond donors (Lipinski definition) is 0. The van der Waals surface area contributed by atoms with Crippen LogP contribution in [0.2, 0.25) is 5.02 Å². The van der Waals surface area contributed by atoms with Crippen LogP contribution in [0.4, 0.5) is 0 Å². The lowest BCUT2D eigenvalue weighted by Gasteiger charge is -2.16. The molecule has 0 bridgehead atoms. The predicted molar refractivity (Wildman–Crippen MR) is 61.9 cm³/mol. The Morgan fingerprint density at radius 2 is 2.14 bits per heavy atom. The Morgan fingerprint density at radius 3 is 2.93 bits per heavy atom. The van der Waals surface area contributed by atoms with Crippen molar-refractivity contribution in [3.63, 3.8) is 0 Å². The summed E-state index contributed by atoms with van der Waals surface area (Å²) in [4.78, 5) is 0. The standard InChI is InChI=1S/C13H15Cl/c1-2-3-10-4-5-11-6-7-13(14)9-12(11)8-10/h4,6-7,9H,2-3,5,8H2,1H3. The van der Waals surface area contributed by atoms with Gasteiger partial charge in [-0.3, -0.25) is 0 Å². The van der Waals surface area contributed by atoms with Crippen LogP contribution in [-0.4, -0.2) is 0 Å². The largest absolute Gasteiger partial charge is 0.0843 e. The first kappa shape index (κ1) is 9.79. The zero-order valence-corrected chi connectivity index (χ0v) is 9.27. The van der Waals surface area contributed by atoms with Gasteiger partial charge in [-0.05, 0) is 42.5 Å². The monoisotopic (exact) mass is 206 g/mol. The first-order valence-electron chi connectivity index (χ1n) is 5.25. The zero-order valence-electron chi connectivity index (χ0n) is 8.52. The summed E-state index contributed by atoms with van der Waals surface area (Å²) in [5, 5.41) is 0.862. The maximum atomic E-state index is 5.98. The van der Waals surface area contributed by atoms with Gasteiger partial charge in [-0.1, -0.05) is 42.7 Å². The molecule has 0 heterocycles. The smallest absolute Gasteiger partial charge is 0.0409 e. The molecule has 0 spiro atoms. The van der Waals surface area contributed by atoms with Gasteiger partial charge in [0, 0.05) is 5.02 Å². The van der Waals surface area contributed by atoms with Gasteiger partial charge in [0.25, 0.3) is 0 Å². The second kappa shape index (κ2) is 4.18. The van der Waals surface area contributed by atoms with Crippen molar-refractivity contribution in [2.45, 2.75) is 32.6 Å². The fourth-order valence-electron chi connectivity index (χ4n) is 2.04. The zero-order chi connectivity index (χ0) is 9.97. The summed E-state index contributed by atoms with van der Waals surface area (Å²) in [5.41, 5.74) is 4.43. The normalized spacial score (nSPS) is 14.9. The lowest BCUT2D eigenvalue weighted by atomic mass is 9.90. The van der Waals surface area contributed by atoms with Crippen LogP contribution in [0.5, 0.6) is 0 Å². The lowest BCUT2D eigenvalue weighted by Crippen LogP contribution is -2.02. The van der Waals surface area contributed by atoms with Gasteiger partial charge in [-0.2, -0.15) is 0 Å². The van der Waals surface area contributed by atoms with E-state index in [1.807, 2.05) is 6.07 Å². The molecule has 0 saturated carbocycles. The van der Waals surface area contributed by atoms with Gasteiger partial charge in [0.2, 0.25) is 0 Å². The molecule has 1 aliphatic rings. The highest BCUT2D eigenvalue weighted by Crippen LogP contribution is 2.25. The van der Waals surface area contributed by atoms with Crippen molar-refractivity contribution in [2.75, 3.05) is 0 Å². The highest BCUT2D eigenvalue weighted by molar-refractivity contribution is 6.30. The molecule has 1 aliphatic carbocycles. The molecule has 1 aromatic carbocycles. The first-order valence-corrected chi connectivity index (χ1v) is 5.62. The molecule has 0 aromatic heterocycles. The minimum atomic E-state index is 0.862. The van der Waals surface area contributed by atoms with E-state index in [4.69, 9.17) is 11.6 Å². The molecule has 0 N–H and O–H groups in total. The van der Waals surface area contributed by atoms with Gasteiger partial charge in [0.1, 0.15) is 0 Å². The van der Waals surface area contributed by atoms with Crippen LogP contribution in [0.25, 0.3) is 0 Å². The van der Waals surface area contributed by atoms with Gasteiger partial charge < -0.3 is 0 Å². The summed E-state index contributed by atoms with van der Waals surface area (Å²) in [6.07, 6.45) is 7.03. The third kappa shape index (κ3) is 2.01. The molecule has 14 heavy (non-hydrogen) atoms. The molecule has 0 saturated heterocycles. The average molecular weight is 207 g/mol. The van der Waals surface area contributed by atoms with Crippen LogP contribution in [-0.2, 0) is 12.8 Å². The fourth-order valence-corrected chi connectivity index (χ4v) is 2.24. The third-order valence-corrected chi connectivity index (χ3v) is 3.00. The van der Waals surface area contributed by atoms with E-state index in [2.05, 4.69) is 25.1 Å². The quantitative estimate of drug-likeness (QED) is 0.638. The molecule has 74 valence electrons. The van der Waals surface area contributed by atoms with Crippen molar-refractivity contribution in [3.05, 3.63) is 46.0 Å². The molecule has 0 nitrogen and oxygen atoms in total. The Morgan fingerprint density at radius 1 is 1.29 bits per heavy atom. The van der Waals surface area contributed by atoms with Crippen molar-refractivity contribution in [3.8, 4) is 0 Å². The molecule has 0 amide bonds. The lowest BCUT2D eigenvalue weighted by molar-refractivity contribution is 0.844. The van der Waals surface area contributed by atoms with Crippen LogP contribution in [0.1, 0.15) is 30.9 Å². The molecule has 1 aromatic rings. The second-order valence-corrected chi connectivity index (χ2v) is 4.34. The Balaban J connectivity index is 2.22. The maximum absolute atomic E-state index is 5.98. The van der Waals surface area contributed by atoms with Gasteiger partial charge in [-0.15, -0.1) is 0 Å². The number of rotatable bonds is 2. The van der Waals surface area contributed by atoms with E-state index in [0.717, 1.165) is 17.9 Å². The topological polar surface area (TPSA) is 0 Å². The van der Waals surface area contributed by atoms with E-state index in [1.165, 1.54) is 24.0 Å². The molecule has 0 fully saturated rings. The predicted octanol–water partition coefficient (Wildman–Crippen LogP) is 4.17. The molecule has 1 heteroatoms. The Bertz CT molecular complexity index is 363. The second-order valence-electron chi connectivity index (χ2n) is 3.91. The Hall–Kier alpha value is -0.750. The summed E-state index contributed by atoms with van der Waals surface area (Å²) >= 11 is 5.98. The third-order valence-electron chi connectivity index (χ3n) is 2.77. The summed E-state index contributed by atoms with van der Waals surface area (Å²) in [6, 6.07) is 6.25. The van der Waals surface area contributed by atoms with Crippen LogP contribution in [0, 0.1) is 0 Å². The van der Waals surface area contributed by atoms with Crippen molar-refractivity contribution in [1.29, 1.82) is 0 Å². The summed E-state index contributed by atoms with van der Waals surface area (Å²) < 4.78 is 0. The Labute approximate surface area is 90.6 Å². The van der Waals surface area contributed by atoms with Gasteiger partial charge in [-0.25, -0.2) is 0 Å². The Kier molecular flexibility index (Phi) is 2.93. The highest BCUT2D eigenvalue weighted by Gasteiger charge is 2.10. The van der Waals surface area contributed by atoms with Crippen LogP contribution < -0.4 is 0 Å². The van der Waals surface area contributed by atoms with E-state index in [0.29, 0.717) is 0 Å². The molecule has 0 atom stereocenters. The molecule has 0 radical (unpaired) electrons. The van der Waals surface area contributed by atoms with Gasteiger partial charge in [0.15, 0.2) is 0 Å². The average Bonchev–Trinajstić information content (AvgIpc) is 2.17. The van der Waals surface area contributed by atoms with Gasteiger partial charge in [0.05, 0.1) is 0 Å². The van der Waals surface area contributed by atoms with Gasteiger partial charge >= 0.3 is 0 Å². The minimum Gasteiger partial charge on any atom is -0.0843 e. The number of hydrogen-bond acceptors (Lipinski definition) is 0. The van der Waals surface area contributed by atoms with Crippen LogP contribution in [0.15, 0.2) is 29.8 Å². The van der Waals surface area contributed by atoms with Crippen molar-refractivity contribution >= 4 is 11.6 Å². The summed E-state index contributed by atoms with van der Waals surface area (Å²) in [6.45, 7) is 2.23. The van der Waals surface area contributed by atoms with E-state index in [9.17, 15) is 0 Å². The van der Waals surface area contributed by atoms with Crippen molar-refractivity contribution in [1.82, 2.24) is 0 Å². The number of allylic oxidation sites excluding steroid dienone is 2. The molecular formula is C13H15Cl. The summed E-state index contributed by atoms with van der Waals surface area (Å²) in [5.74, 6) is 0. The number of fused-ring (bicyclic) bond motifs is 1. The SMILES string of the molecule is CCCC1=CCc2ccc(Cl)cc2C1. The van der Waals surface area contributed by atoms with E-state index >= 15 is 0 Å². The van der Waals surface area contributed by atoms with Crippen LogP contribution in [0.3, 0.4) is 0 Å². The summed E-state index contributed by atoms with van der Waals surface area (Å²) in [7, 11) is 0. The highest BCUT2D eigenvalue weighted by atomic mass is 35.5. The minimum absolute atomic E-state index is 0.862. The molecule has 0 unspecified atom stereocenters. The van der Waals surface area contributed by atoms with Crippen LogP contribution >= 0.6 is 11.6 Å². The fraction of sp³-hybridized carbons (Fsp3) is 0.385. The number of halogens is 1. The van der Waals surface area contributed by atoms with E-state index in [-0.39, 0.29) is 0 Å². The molecule has 2 rings (SSSR count). The molecule has 0 aliphatic heterocycles. The van der Waals surface area contributed by atoms with E-state index < -0.39 is 0 Å². The van der Waals surface area contributed by atoms with E-state index in [1.54, 1.807) is 5.57 Å². The molecular weight excluding hydrogens is 192 g/mol. The van der Waals surface area contributed by atoms with Crippen molar-refractivity contribution < 1.29 is 0 Å². The first-order chi connectivity index (χ1) is 6.79. The number of benzene rings is 1. The van der Waals surface area contributed by atoms with Crippen molar-refractivity contribution in [2.24, 2.45) is 0 Å².